The highest BCUT2D eigenvalue weighted by atomic mass is 19.4. The molecule has 0 atom stereocenters. The lowest BCUT2D eigenvalue weighted by molar-refractivity contribution is -0.138. The molecule has 2 aliphatic heterocycles. The van der Waals surface area contributed by atoms with E-state index >= 15 is 0 Å². The molecule has 0 saturated heterocycles. The van der Waals surface area contributed by atoms with Crippen molar-refractivity contribution >= 4 is 78.1 Å². The van der Waals surface area contributed by atoms with Crippen LogP contribution in [0.2, 0.25) is 0 Å². The van der Waals surface area contributed by atoms with E-state index in [4.69, 9.17) is 0 Å². The molecule has 0 aromatic heterocycles. The molecule has 0 unspecified atom stereocenters. The van der Waals surface area contributed by atoms with Crippen molar-refractivity contribution in [1.29, 1.82) is 0 Å². The summed E-state index contributed by atoms with van der Waals surface area (Å²) in [5.74, 6) is -2.83. The normalized spacial score (nSPS) is 15.1. The van der Waals surface area contributed by atoms with Crippen LogP contribution in [0.5, 0.6) is 0 Å². The molecule has 0 saturated carbocycles. The van der Waals surface area contributed by atoms with E-state index in [2.05, 4.69) is 0 Å². The Bertz CT molecular complexity index is 2390. The van der Waals surface area contributed by atoms with E-state index in [1.807, 2.05) is 0 Å². The number of amides is 4. The Morgan fingerprint density at radius 3 is 0.840 bits per heavy atom. The van der Waals surface area contributed by atoms with Gasteiger partial charge in [-0.2, -0.15) is 26.3 Å². The minimum absolute atomic E-state index is 0.0173. The summed E-state index contributed by atoms with van der Waals surface area (Å²) in [4.78, 5) is 57.0. The quantitative estimate of drug-likeness (QED) is 0.0791. The van der Waals surface area contributed by atoms with Gasteiger partial charge >= 0.3 is 12.4 Å². The fourth-order valence-corrected chi connectivity index (χ4v) is 7.34. The van der Waals surface area contributed by atoms with E-state index < -0.39 is 47.1 Å². The van der Waals surface area contributed by atoms with Crippen LogP contribution in [0.15, 0.2) is 97.1 Å². The zero-order valence-electron chi connectivity index (χ0n) is 25.0. The van der Waals surface area contributed by atoms with Gasteiger partial charge in [0.1, 0.15) is 0 Å². The molecule has 2 aliphatic rings. The third-order valence-electron chi connectivity index (χ3n) is 9.54. The summed E-state index contributed by atoms with van der Waals surface area (Å²) in [7, 11) is 0. The third kappa shape index (κ3) is 3.86. The molecule has 0 aliphatic carbocycles. The van der Waals surface area contributed by atoms with Crippen molar-refractivity contribution in [3.05, 3.63) is 130 Å². The molecule has 0 bridgehead atoms. The first-order valence-corrected chi connectivity index (χ1v) is 15.1. The molecule has 12 heteroatoms. The summed E-state index contributed by atoms with van der Waals surface area (Å²) in [5.41, 5.74) is -1.19. The maximum Gasteiger partial charge on any atom is 0.416 e. The molecule has 4 amide bonds. The predicted molar refractivity (Wildman–Crippen MR) is 173 cm³/mol. The van der Waals surface area contributed by atoms with Gasteiger partial charge in [0.15, 0.2) is 0 Å². The fourth-order valence-electron chi connectivity index (χ4n) is 7.34. The van der Waals surface area contributed by atoms with Crippen LogP contribution in [0, 0.1) is 0 Å². The van der Waals surface area contributed by atoms with Crippen molar-refractivity contribution in [3.63, 3.8) is 0 Å². The zero-order chi connectivity index (χ0) is 35.0. The zero-order valence-corrected chi connectivity index (χ0v) is 25.0. The molecule has 2 heterocycles. The highest BCUT2D eigenvalue weighted by Crippen LogP contribution is 2.47. The van der Waals surface area contributed by atoms with Crippen LogP contribution < -0.4 is 9.80 Å². The number of fused-ring (bicyclic) bond motifs is 2. The number of halogens is 6. The van der Waals surface area contributed by atoms with E-state index in [1.54, 1.807) is 48.5 Å². The number of alkyl halides is 6. The summed E-state index contributed by atoms with van der Waals surface area (Å²) in [5, 5.41) is 4.44. The largest absolute Gasteiger partial charge is 0.416 e. The van der Waals surface area contributed by atoms with E-state index in [1.165, 1.54) is 0 Å². The number of anilines is 2. The molecular weight excluding hydrogens is 662 g/mol. The number of hydrogen-bond donors (Lipinski definition) is 0. The first-order chi connectivity index (χ1) is 23.8. The van der Waals surface area contributed by atoms with Gasteiger partial charge in [-0.15, -0.1) is 0 Å². The summed E-state index contributed by atoms with van der Waals surface area (Å²) in [6.07, 6.45) is -9.20. The number of carbonyl (C=O) groups is 4. The maximum atomic E-state index is 13.8. The van der Waals surface area contributed by atoms with Crippen LogP contribution in [-0.4, -0.2) is 23.6 Å². The van der Waals surface area contributed by atoms with Crippen molar-refractivity contribution < 1.29 is 45.5 Å². The number of hydrogen-bond acceptors (Lipinski definition) is 4. The van der Waals surface area contributed by atoms with Gasteiger partial charge in [0.25, 0.3) is 23.6 Å². The van der Waals surface area contributed by atoms with Crippen molar-refractivity contribution in [2.45, 2.75) is 12.4 Å². The minimum atomic E-state index is -4.60. The van der Waals surface area contributed by atoms with Gasteiger partial charge in [0, 0.05) is 33.0 Å². The van der Waals surface area contributed by atoms with E-state index in [0.717, 1.165) is 58.3 Å². The lowest BCUT2D eigenvalue weighted by atomic mass is 9.82. The van der Waals surface area contributed by atoms with Crippen molar-refractivity contribution in [3.8, 4) is 0 Å². The Labute approximate surface area is 276 Å². The Kier molecular flexibility index (Phi) is 5.76. The molecule has 9 rings (SSSR count). The van der Waals surface area contributed by atoms with Crippen LogP contribution >= 0.6 is 0 Å². The lowest BCUT2D eigenvalue weighted by Gasteiger charge is -2.30. The number of rotatable bonds is 2. The standard InChI is InChI=1S/C38H16F6N2O4/c39-37(40,41)17-1-5-19(6-2-17)45-33(47)25-13-9-21-23-11-15-27-32-28(36(50)46(35(27)49)20-7-3-18(4-8-20)38(42,43)44)16-12-24(30(23)32)22-10-14-26(34(45)48)31(25)29(21)22/h1-16H. The molecule has 0 radical (unpaired) electrons. The van der Waals surface area contributed by atoms with Crippen LogP contribution in [0.25, 0.3) is 43.1 Å². The Morgan fingerprint density at radius 1 is 0.340 bits per heavy atom. The SMILES string of the molecule is O=C1c2ccc3c4ccc5c6c(ccc(c7ccc(c2c37)C(=O)N1c1ccc(C(F)(F)F)cc1)c64)C(=O)N(c1ccc(C(F)(F)F)cc1)C5=O. The second-order valence-corrected chi connectivity index (χ2v) is 12.1. The monoisotopic (exact) mass is 678 g/mol. The van der Waals surface area contributed by atoms with Gasteiger partial charge in [0.05, 0.1) is 22.5 Å². The summed E-state index contributed by atoms with van der Waals surface area (Å²) >= 11 is 0. The molecular formula is C38H16F6N2O4. The first-order valence-electron chi connectivity index (χ1n) is 15.1. The van der Waals surface area contributed by atoms with E-state index in [0.29, 0.717) is 43.1 Å². The lowest BCUT2D eigenvalue weighted by Crippen LogP contribution is -2.40. The molecule has 244 valence electrons. The van der Waals surface area contributed by atoms with E-state index in [-0.39, 0.29) is 33.6 Å². The minimum Gasteiger partial charge on any atom is -0.268 e. The average molecular weight is 679 g/mol. The first kappa shape index (κ1) is 29.8. The topological polar surface area (TPSA) is 74.8 Å². The molecule has 0 spiro atoms. The smallest absolute Gasteiger partial charge is 0.268 e. The number of benzene rings is 7. The Morgan fingerprint density at radius 2 is 0.600 bits per heavy atom. The Hall–Kier alpha value is -6.30. The summed E-state index contributed by atoms with van der Waals surface area (Å²) in [6.45, 7) is 0. The van der Waals surface area contributed by atoms with Crippen LogP contribution in [0.3, 0.4) is 0 Å². The molecule has 7 aromatic carbocycles. The molecule has 50 heavy (non-hydrogen) atoms. The summed E-state index contributed by atoms with van der Waals surface area (Å²) < 4.78 is 79.1. The van der Waals surface area contributed by atoms with Gasteiger partial charge in [-0.3, -0.25) is 19.2 Å². The average Bonchev–Trinajstić information content (AvgIpc) is 3.08. The van der Waals surface area contributed by atoms with Gasteiger partial charge < -0.3 is 0 Å². The van der Waals surface area contributed by atoms with Crippen molar-refractivity contribution in [2.75, 3.05) is 9.80 Å². The van der Waals surface area contributed by atoms with Crippen molar-refractivity contribution in [2.24, 2.45) is 0 Å². The van der Waals surface area contributed by atoms with Gasteiger partial charge in [0.2, 0.25) is 0 Å². The van der Waals surface area contributed by atoms with Crippen molar-refractivity contribution in [1.82, 2.24) is 0 Å². The van der Waals surface area contributed by atoms with E-state index in [9.17, 15) is 45.5 Å². The van der Waals surface area contributed by atoms with Crippen LogP contribution in [0.1, 0.15) is 52.6 Å². The maximum absolute atomic E-state index is 13.8. The number of imide groups is 2. The second-order valence-electron chi connectivity index (χ2n) is 12.1. The molecule has 0 fully saturated rings. The second kappa shape index (κ2) is 9.65. The van der Waals surface area contributed by atoms with Crippen LogP contribution in [-0.2, 0) is 12.4 Å². The predicted octanol–water partition coefficient (Wildman–Crippen LogP) is 9.38. The number of carbonyl (C=O) groups excluding carboxylic acids is 4. The van der Waals surface area contributed by atoms with Gasteiger partial charge in [-0.1, -0.05) is 24.3 Å². The molecule has 7 aromatic rings. The third-order valence-corrected chi connectivity index (χ3v) is 9.54. The molecule has 0 N–H and O–H groups in total. The number of nitrogens with zero attached hydrogens (tertiary/aromatic N) is 2. The van der Waals surface area contributed by atoms with Crippen LogP contribution in [0.4, 0.5) is 37.7 Å². The Balaban J connectivity index is 1.22. The highest BCUT2D eigenvalue weighted by Gasteiger charge is 2.39. The van der Waals surface area contributed by atoms with Gasteiger partial charge in [-0.05, 0) is 105 Å². The van der Waals surface area contributed by atoms with Gasteiger partial charge in [-0.25, -0.2) is 9.80 Å². The fraction of sp³-hybridized carbons (Fsp3) is 0.0526. The highest BCUT2D eigenvalue weighted by molar-refractivity contribution is 6.45. The summed E-state index contributed by atoms with van der Waals surface area (Å²) in [6, 6.07) is 20.4. The molecule has 6 nitrogen and oxygen atoms in total.